The summed E-state index contributed by atoms with van der Waals surface area (Å²) in [6, 6.07) is 0. The van der Waals surface area contributed by atoms with Gasteiger partial charge in [-0.2, -0.15) is 0 Å². The average molecular weight is 308 g/mol. The molecule has 4 heteroatoms. The molecule has 0 amide bonds. The van der Waals surface area contributed by atoms with Gasteiger partial charge in [0.1, 0.15) is 5.60 Å². The first-order valence-corrected chi connectivity index (χ1v) is 6.11. The van der Waals surface area contributed by atoms with Gasteiger partial charge in [-0.25, -0.2) is 4.79 Å². The van der Waals surface area contributed by atoms with Crippen LogP contribution in [-0.4, -0.2) is 22.3 Å². The molecule has 0 heterocycles. The highest BCUT2D eigenvalue weighted by Crippen LogP contribution is 2.72. The second-order valence-electron chi connectivity index (χ2n) is 4.93. The van der Waals surface area contributed by atoms with Crippen molar-refractivity contribution >= 4 is 28.7 Å². The van der Waals surface area contributed by atoms with Gasteiger partial charge < -0.3 is 9.47 Å². The Morgan fingerprint density at radius 1 is 1.43 bits per heavy atom. The summed E-state index contributed by atoms with van der Waals surface area (Å²) in [5.74, 6) is 1.61. The largest absolute Gasteiger partial charge is 0.508 e. The molecule has 3 aliphatic carbocycles. The first-order valence-electron chi connectivity index (χ1n) is 5.03. The van der Waals surface area contributed by atoms with Crippen LogP contribution in [0.25, 0.3) is 0 Å². The fourth-order valence-electron chi connectivity index (χ4n) is 3.74. The van der Waals surface area contributed by atoms with Crippen LogP contribution < -0.4 is 0 Å². The van der Waals surface area contributed by atoms with Crippen molar-refractivity contribution in [2.24, 2.45) is 11.8 Å². The van der Waals surface area contributed by atoms with Crippen molar-refractivity contribution < 1.29 is 14.3 Å². The molecular weight excluding hydrogens is 295 g/mol. The van der Waals surface area contributed by atoms with Crippen LogP contribution in [0.1, 0.15) is 25.7 Å². The highest BCUT2D eigenvalue weighted by Gasteiger charge is 2.71. The number of methoxy groups -OCH3 is 1. The van der Waals surface area contributed by atoms with Crippen molar-refractivity contribution in [3.8, 4) is 0 Å². The van der Waals surface area contributed by atoms with Crippen LogP contribution in [0.15, 0.2) is 0 Å². The van der Waals surface area contributed by atoms with Crippen molar-refractivity contribution in [1.82, 2.24) is 0 Å². The van der Waals surface area contributed by atoms with Gasteiger partial charge in [-0.3, -0.25) is 0 Å². The zero-order chi connectivity index (χ0) is 9.97. The summed E-state index contributed by atoms with van der Waals surface area (Å²) in [6.45, 7) is 0. The molecule has 0 N–H and O–H groups in total. The predicted octanol–water partition coefficient (Wildman–Crippen LogP) is 2.52. The molecular formula is C10H13IO3. The van der Waals surface area contributed by atoms with Gasteiger partial charge in [-0.15, -0.1) is 0 Å². The van der Waals surface area contributed by atoms with Crippen LogP contribution >= 0.6 is 22.6 Å². The maximum absolute atomic E-state index is 11.1. The van der Waals surface area contributed by atoms with Crippen molar-refractivity contribution in [1.29, 1.82) is 0 Å². The van der Waals surface area contributed by atoms with E-state index in [9.17, 15) is 4.79 Å². The molecule has 0 saturated heterocycles. The number of carbonyl (C=O) groups excluding carboxylic acids is 1. The third kappa shape index (κ3) is 1.01. The molecule has 3 saturated carbocycles. The number of halogens is 1. The topological polar surface area (TPSA) is 35.5 Å². The Morgan fingerprint density at radius 2 is 2.21 bits per heavy atom. The van der Waals surface area contributed by atoms with E-state index in [0.717, 1.165) is 31.1 Å². The molecule has 0 aromatic rings. The summed E-state index contributed by atoms with van der Waals surface area (Å²) in [4.78, 5) is 11.1. The van der Waals surface area contributed by atoms with Gasteiger partial charge in [-0.1, -0.05) is 22.6 Å². The van der Waals surface area contributed by atoms with Gasteiger partial charge in [0, 0.05) is 9.84 Å². The van der Waals surface area contributed by atoms with Crippen LogP contribution in [0, 0.1) is 11.8 Å². The lowest BCUT2D eigenvalue weighted by Crippen LogP contribution is -2.50. The fourth-order valence-corrected chi connectivity index (χ4v) is 5.73. The number of rotatable bonds is 1. The Bertz CT molecular complexity index is 306. The minimum absolute atomic E-state index is 0.165. The van der Waals surface area contributed by atoms with Crippen molar-refractivity contribution in [2.75, 3.05) is 7.11 Å². The zero-order valence-electron chi connectivity index (χ0n) is 8.09. The minimum atomic E-state index is -0.507. The van der Waals surface area contributed by atoms with E-state index in [1.807, 2.05) is 0 Å². The Hall–Kier alpha value is 0. The van der Waals surface area contributed by atoms with Gasteiger partial charge >= 0.3 is 6.16 Å². The van der Waals surface area contributed by atoms with E-state index in [1.54, 1.807) is 0 Å². The summed E-state index contributed by atoms with van der Waals surface area (Å²) in [5, 5.41) is 0. The van der Waals surface area contributed by atoms with Gasteiger partial charge in [0.05, 0.1) is 7.11 Å². The van der Waals surface area contributed by atoms with Gasteiger partial charge in [0.25, 0.3) is 0 Å². The molecule has 0 spiro atoms. The van der Waals surface area contributed by atoms with E-state index in [-0.39, 0.29) is 5.60 Å². The van der Waals surface area contributed by atoms with Crippen LogP contribution in [-0.2, 0) is 9.47 Å². The van der Waals surface area contributed by atoms with Gasteiger partial charge in [-0.05, 0) is 31.1 Å². The molecule has 4 unspecified atom stereocenters. The standard InChI is InChI=1S/C10H13IO3/c1-13-8(12)14-9-2-6-3-10(11,5-9)7(6)4-9/h6-7H,2-5H2,1H3. The van der Waals surface area contributed by atoms with Crippen LogP contribution in [0.3, 0.4) is 0 Å². The maximum Gasteiger partial charge on any atom is 0.508 e. The molecule has 4 atom stereocenters. The molecule has 0 aromatic carbocycles. The summed E-state index contributed by atoms with van der Waals surface area (Å²) < 4.78 is 10.5. The molecule has 3 rings (SSSR count). The number of hydrogen-bond donors (Lipinski definition) is 0. The normalized spacial score (nSPS) is 52.7. The van der Waals surface area contributed by atoms with E-state index in [4.69, 9.17) is 4.74 Å². The van der Waals surface area contributed by atoms with E-state index >= 15 is 0 Å². The predicted molar refractivity (Wildman–Crippen MR) is 58.4 cm³/mol. The first kappa shape index (κ1) is 9.24. The Kier molecular flexibility index (Phi) is 1.70. The highest BCUT2D eigenvalue weighted by molar-refractivity contribution is 14.1. The molecule has 0 aliphatic heterocycles. The second-order valence-corrected chi connectivity index (χ2v) is 7.08. The molecule has 3 aliphatic rings. The van der Waals surface area contributed by atoms with Crippen molar-refractivity contribution in [2.45, 2.75) is 34.7 Å². The molecule has 78 valence electrons. The van der Waals surface area contributed by atoms with E-state index in [0.29, 0.717) is 3.42 Å². The number of fused-ring (bicyclic) bond motifs is 1. The molecule has 2 bridgehead atoms. The summed E-state index contributed by atoms with van der Waals surface area (Å²) in [6.07, 6.45) is 3.99. The Labute approximate surface area is 96.7 Å². The Balaban J connectivity index is 1.78. The number of hydrogen-bond acceptors (Lipinski definition) is 3. The minimum Gasteiger partial charge on any atom is -0.438 e. The second kappa shape index (κ2) is 2.57. The lowest BCUT2D eigenvalue weighted by atomic mass is 9.63. The highest BCUT2D eigenvalue weighted by atomic mass is 127. The molecule has 14 heavy (non-hydrogen) atoms. The molecule has 0 aromatic heterocycles. The first-order chi connectivity index (χ1) is 6.57. The molecule has 3 nitrogen and oxygen atoms in total. The lowest BCUT2D eigenvalue weighted by Gasteiger charge is -2.51. The monoisotopic (exact) mass is 308 g/mol. The van der Waals surface area contributed by atoms with Gasteiger partial charge in [0.15, 0.2) is 0 Å². The molecule has 0 radical (unpaired) electrons. The van der Waals surface area contributed by atoms with E-state index in [1.165, 1.54) is 13.5 Å². The smallest absolute Gasteiger partial charge is 0.438 e. The summed E-state index contributed by atoms with van der Waals surface area (Å²) in [5.41, 5.74) is -0.165. The maximum atomic E-state index is 11.1. The van der Waals surface area contributed by atoms with Crippen molar-refractivity contribution in [3.63, 3.8) is 0 Å². The van der Waals surface area contributed by atoms with Gasteiger partial charge in [0.2, 0.25) is 0 Å². The van der Waals surface area contributed by atoms with Crippen molar-refractivity contribution in [3.05, 3.63) is 0 Å². The molecule has 3 fully saturated rings. The number of ether oxygens (including phenoxy) is 2. The van der Waals surface area contributed by atoms with Crippen LogP contribution in [0.2, 0.25) is 0 Å². The van der Waals surface area contributed by atoms with E-state index < -0.39 is 6.16 Å². The third-order valence-corrected chi connectivity index (χ3v) is 5.77. The fraction of sp³-hybridized carbons (Fsp3) is 0.900. The van der Waals surface area contributed by atoms with Crippen LogP contribution in [0.4, 0.5) is 4.79 Å². The number of carbonyl (C=O) groups is 1. The number of alkyl halides is 1. The van der Waals surface area contributed by atoms with E-state index in [2.05, 4.69) is 27.3 Å². The lowest BCUT2D eigenvalue weighted by molar-refractivity contribution is -0.0434. The summed E-state index contributed by atoms with van der Waals surface area (Å²) >= 11 is 2.56. The average Bonchev–Trinajstić information content (AvgIpc) is 2.51. The Morgan fingerprint density at radius 3 is 2.71 bits per heavy atom. The SMILES string of the molecule is COC(=O)OC12CC3CC(I)(C1)C3C2. The van der Waals surface area contributed by atoms with Crippen LogP contribution in [0.5, 0.6) is 0 Å². The quantitative estimate of drug-likeness (QED) is 0.424. The summed E-state index contributed by atoms with van der Waals surface area (Å²) in [7, 11) is 1.38. The third-order valence-electron chi connectivity index (χ3n) is 4.14. The zero-order valence-corrected chi connectivity index (χ0v) is 10.2.